The quantitative estimate of drug-likeness (QED) is 0.812. The summed E-state index contributed by atoms with van der Waals surface area (Å²) in [7, 11) is 4.07. The molecule has 8 heteroatoms. The van der Waals surface area contributed by atoms with Crippen LogP contribution in [0.25, 0.3) is 0 Å². The first-order valence-corrected chi connectivity index (χ1v) is 9.34. The lowest BCUT2D eigenvalue weighted by Crippen LogP contribution is -2.38. The lowest BCUT2D eigenvalue weighted by Gasteiger charge is -2.33. The number of ether oxygens (including phenoxy) is 1. The molecule has 0 saturated heterocycles. The fourth-order valence-electron chi connectivity index (χ4n) is 3.00. The first kappa shape index (κ1) is 19.6. The first-order valence-electron chi connectivity index (χ1n) is 8.58. The molecule has 2 aromatic rings. The Morgan fingerprint density at radius 1 is 1.26 bits per heavy atom. The van der Waals surface area contributed by atoms with Gasteiger partial charge in [-0.3, -0.25) is 4.90 Å². The Morgan fingerprint density at radius 2 is 2.04 bits per heavy atom. The fourth-order valence-corrected chi connectivity index (χ4v) is 3.38. The summed E-state index contributed by atoms with van der Waals surface area (Å²) >= 11 is 12.4. The van der Waals surface area contributed by atoms with E-state index in [0.29, 0.717) is 23.0 Å². The number of primary amides is 1. The first-order chi connectivity index (χ1) is 12.9. The lowest BCUT2D eigenvalue weighted by atomic mass is 10.1. The predicted octanol–water partition coefficient (Wildman–Crippen LogP) is 3.97. The molecular formula is C19H22Cl2N4O2. The molecule has 0 aliphatic carbocycles. The van der Waals surface area contributed by atoms with Gasteiger partial charge < -0.3 is 20.3 Å². The number of carbonyl (C=O) groups excluding carboxylic acids is 1. The molecule has 0 aromatic heterocycles. The lowest BCUT2D eigenvalue weighted by molar-refractivity contribution is 0.256. The highest BCUT2D eigenvalue weighted by Crippen LogP contribution is 2.40. The average Bonchev–Trinajstić information content (AvgIpc) is 2.63. The molecule has 0 radical (unpaired) electrons. The zero-order chi connectivity index (χ0) is 19.6. The van der Waals surface area contributed by atoms with E-state index in [9.17, 15) is 4.79 Å². The van der Waals surface area contributed by atoms with Crippen molar-refractivity contribution in [2.45, 2.75) is 0 Å². The average molecular weight is 409 g/mol. The summed E-state index contributed by atoms with van der Waals surface area (Å²) in [6.45, 7) is 3.16. The van der Waals surface area contributed by atoms with Crippen molar-refractivity contribution in [1.29, 1.82) is 0 Å². The molecule has 1 heterocycles. The molecule has 0 atom stereocenters. The van der Waals surface area contributed by atoms with E-state index < -0.39 is 6.03 Å². The van der Waals surface area contributed by atoms with Gasteiger partial charge in [0.1, 0.15) is 12.4 Å². The Balaban J connectivity index is 2.01. The van der Waals surface area contributed by atoms with Crippen molar-refractivity contribution in [2.75, 3.05) is 50.1 Å². The van der Waals surface area contributed by atoms with Gasteiger partial charge in [-0.15, -0.1) is 0 Å². The molecule has 2 N–H and O–H groups in total. The largest absolute Gasteiger partial charge is 0.490 e. The van der Waals surface area contributed by atoms with E-state index in [4.69, 9.17) is 33.7 Å². The monoisotopic (exact) mass is 408 g/mol. The minimum Gasteiger partial charge on any atom is -0.490 e. The summed E-state index contributed by atoms with van der Waals surface area (Å²) in [4.78, 5) is 17.9. The molecule has 0 spiro atoms. The second kappa shape index (κ2) is 8.25. The molecule has 1 aliphatic heterocycles. The molecule has 2 amide bonds. The Hall–Kier alpha value is -2.15. The number of rotatable bonds is 5. The van der Waals surface area contributed by atoms with Crippen LogP contribution in [0.2, 0.25) is 10.0 Å². The number of fused-ring (bicyclic) bond motifs is 1. The highest BCUT2D eigenvalue weighted by atomic mass is 35.5. The van der Waals surface area contributed by atoms with E-state index in [1.807, 2.05) is 26.2 Å². The van der Waals surface area contributed by atoms with E-state index in [1.54, 1.807) is 24.3 Å². The van der Waals surface area contributed by atoms with Gasteiger partial charge in [0.2, 0.25) is 0 Å². The summed E-state index contributed by atoms with van der Waals surface area (Å²) in [6.07, 6.45) is 0. The highest BCUT2D eigenvalue weighted by Gasteiger charge is 2.24. The van der Waals surface area contributed by atoms with E-state index >= 15 is 0 Å². The molecule has 6 nitrogen and oxygen atoms in total. The van der Waals surface area contributed by atoms with Crippen molar-refractivity contribution in [1.82, 2.24) is 4.90 Å². The van der Waals surface area contributed by atoms with Crippen molar-refractivity contribution in [3.05, 3.63) is 46.4 Å². The summed E-state index contributed by atoms with van der Waals surface area (Å²) in [5, 5.41) is 0.630. The maximum absolute atomic E-state index is 12.2. The minimum atomic E-state index is -0.643. The second-order valence-electron chi connectivity index (χ2n) is 6.54. The van der Waals surface area contributed by atoms with Crippen LogP contribution in [0.15, 0.2) is 36.4 Å². The number of nitrogens with two attached hydrogens (primary N) is 1. The third-order valence-electron chi connectivity index (χ3n) is 4.37. The van der Waals surface area contributed by atoms with Gasteiger partial charge in [-0.1, -0.05) is 29.3 Å². The minimum absolute atomic E-state index is 0.274. The number of hydrogen-bond acceptors (Lipinski definition) is 4. The van der Waals surface area contributed by atoms with Gasteiger partial charge in [-0.25, -0.2) is 4.79 Å². The van der Waals surface area contributed by atoms with Gasteiger partial charge in [-0.2, -0.15) is 0 Å². The molecule has 0 unspecified atom stereocenters. The number of nitrogens with zero attached hydrogens (tertiary/aromatic N) is 3. The third-order valence-corrected chi connectivity index (χ3v) is 5.18. The number of carbonyl (C=O) groups is 1. The van der Waals surface area contributed by atoms with E-state index in [0.717, 1.165) is 31.1 Å². The second-order valence-corrected chi connectivity index (χ2v) is 7.32. The number of urea groups is 1. The predicted molar refractivity (Wildman–Crippen MR) is 111 cm³/mol. The third kappa shape index (κ3) is 4.24. The SMILES string of the molecule is CN(C)CCN1CCOc2ccc(N(C(N)=O)c3cccc(Cl)c3Cl)cc21. The Labute approximate surface area is 169 Å². The Kier molecular flexibility index (Phi) is 5.99. The Bertz CT molecular complexity index is 844. The molecule has 0 saturated carbocycles. The van der Waals surface area contributed by atoms with E-state index in [-0.39, 0.29) is 5.02 Å². The van der Waals surface area contributed by atoms with Crippen LogP contribution < -0.4 is 20.3 Å². The zero-order valence-corrected chi connectivity index (χ0v) is 16.8. The van der Waals surface area contributed by atoms with Crippen LogP contribution in [0.1, 0.15) is 0 Å². The number of benzene rings is 2. The molecule has 0 bridgehead atoms. The maximum Gasteiger partial charge on any atom is 0.323 e. The van der Waals surface area contributed by atoms with E-state index in [1.165, 1.54) is 4.90 Å². The molecule has 144 valence electrons. The number of anilines is 3. The van der Waals surface area contributed by atoms with Gasteiger partial charge in [0.15, 0.2) is 0 Å². The normalized spacial score (nSPS) is 13.3. The highest BCUT2D eigenvalue weighted by molar-refractivity contribution is 6.44. The van der Waals surface area contributed by atoms with Crippen molar-refractivity contribution < 1.29 is 9.53 Å². The number of halogens is 2. The molecule has 3 rings (SSSR count). The van der Waals surface area contributed by atoms with Crippen LogP contribution in [0.4, 0.5) is 21.9 Å². The van der Waals surface area contributed by atoms with Crippen molar-refractivity contribution in [2.24, 2.45) is 5.73 Å². The summed E-state index contributed by atoms with van der Waals surface area (Å²) in [5.74, 6) is 0.783. The van der Waals surface area contributed by atoms with Gasteiger partial charge in [0, 0.05) is 13.1 Å². The molecule has 27 heavy (non-hydrogen) atoms. The smallest absolute Gasteiger partial charge is 0.323 e. The van der Waals surface area contributed by atoms with Gasteiger partial charge in [-0.05, 0) is 44.4 Å². The van der Waals surface area contributed by atoms with Gasteiger partial charge >= 0.3 is 6.03 Å². The Morgan fingerprint density at radius 3 is 2.74 bits per heavy atom. The van der Waals surface area contributed by atoms with Crippen LogP contribution in [0, 0.1) is 0 Å². The summed E-state index contributed by atoms with van der Waals surface area (Å²) in [6, 6.07) is 9.98. The van der Waals surface area contributed by atoms with Crippen molar-refractivity contribution in [3.8, 4) is 5.75 Å². The number of likely N-dealkylation sites (N-methyl/N-ethyl adjacent to an activating group) is 1. The zero-order valence-electron chi connectivity index (χ0n) is 15.3. The van der Waals surface area contributed by atoms with Gasteiger partial charge in [0.25, 0.3) is 0 Å². The van der Waals surface area contributed by atoms with Crippen LogP contribution in [0.3, 0.4) is 0 Å². The van der Waals surface area contributed by atoms with Crippen LogP contribution in [0.5, 0.6) is 5.75 Å². The molecule has 0 fully saturated rings. The van der Waals surface area contributed by atoms with E-state index in [2.05, 4.69) is 9.80 Å². The number of hydrogen-bond donors (Lipinski definition) is 1. The van der Waals surface area contributed by atoms with Crippen LogP contribution >= 0.6 is 23.2 Å². The van der Waals surface area contributed by atoms with Crippen molar-refractivity contribution >= 4 is 46.3 Å². The summed E-state index contributed by atoms with van der Waals surface area (Å²) < 4.78 is 5.77. The fraction of sp³-hybridized carbons (Fsp3) is 0.316. The molecular weight excluding hydrogens is 387 g/mol. The molecule has 2 aromatic carbocycles. The maximum atomic E-state index is 12.2. The topological polar surface area (TPSA) is 62.0 Å². The van der Waals surface area contributed by atoms with Gasteiger partial charge in [0.05, 0.1) is 33.7 Å². The standard InChI is InChI=1S/C19H22Cl2N4O2/c1-23(2)8-9-24-10-11-27-17-7-6-13(12-16(17)24)25(19(22)26)15-5-3-4-14(20)18(15)21/h3-7,12H,8-11H2,1-2H3,(H2,22,26). The van der Waals surface area contributed by atoms with Crippen LogP contribution in [-0.2, 0) is 0 Å². The number of amides is 2. The summed E-state index contributed by atoms with van der Waals surface area (Å²) in [5.41, 5.74) is 7.62. The van der Waals surface area contributed by atoms with Crippen LogP contribution in [-0.4, -0.2) is 51.3 Å². The molecule has 1 aliphatic rings. The van der Waals surface area contributed by atoms with Crippen molar-refractivity contribution in [3.63, 3.8) is 0 Å².